The van der Waals surface area contributed by atoms with Crippen LogP contribution in [0, 0.1) is 6.92 Å². The van der Waals surface area contributed by atoms with Crippen molar-refractivity contribution in [2.24, 2.45) is 0 Å². The minimum absolute atomic E-state index is 0.0391. The summed E-state index contributed by atoms with van der Waals surface area (Å²) in [6, 6.07) is 15.4. The Morgan fingerprint density at radius 3 is 2.29 bits per heavy atom. The number of ether oxygens (including phenoxy) is 1. The van der Waals surface area contributed by atoms with Crippen molar-refractivity contribution >= 4 is 33.2 Å². The van der Waals surface area contributed by atoms with E-state index < -0.39 is 0 Å². The minimum Gasteiger partial charge on any atom is -0.497 e. The van der Waals surface area contributed by atoms with Gasteiger partial charge in [-0.05, 0) is 56.7 Å². The van der Waals surface area contributed by atoms with Gasteiger partial charge in [-0.15, -0.1) is 0 Å². The third kappa shape index (κ3) is 2.88. The van der Waals surface area contributed by atoms with Crippen LogP contribution >= 0.6 is 0 Å². The Morgan fingerprint density at radius 1 is 0.968 bits per heavy atom. The highest BCUT2D eigenvalue weighted by Crippen LogP contribution is 2.30. The molecular formula is C24H23N5O2. The van der Waals surface area contributed by atoms with Crippen molar-refractivity contribution in [3.8, 4) is 11.4 Å². The Morgan fingerprint density at radius 2 is 1.65 bits per heavy atom. The Hall–Kier alpha value is -3.74. The van der Waals surface area contributed by atoms with E-state index in [4.69, 9.17) is 19.7 Å². The summed E-state index contributed by atoms with van der Waals surface area (Å²) in [7, 11) is 1.63. The maximum atomic E-state index is 13.7. The second kappa shape index (κ2) is 7.19. The van der Waals surface area contributed by atoms with Crippen LogP contribution in [0.4, 0.5) is 0 Å². The number of rotatable bonds is 4. The summed E-state index contributed by atoms with van der Waals surface area (Å²) in [4.78, 5) is 28.3. The molecule has 0 spiro atoms. The number of hydrogen-bond donors (Lipinski definition) is 0. The van der Waals surface area contributed by atoms with Gasteiger partial charge in [0.1, 0.15) is 22.5 Å². The van der Waals surface area contributed by atoms with E-state index in [1.54, 1.807) is 11.7 Å². The standard InChI is InChI=1S/C24H23N5O2/c1-5-14(2)28-15(3)25-22-20(24(28)30)21-23(27-19-9-7-6-8-18(19)26-21)29(22)16-10-12-17(31-4)13-11-16/h6-14H,5H2,1-4H3/t14-/m1/s1. The number of benzene rings is 2. The van der Waals surface area contributed by atoms with Crippen molar-refractivity contribution in [3.63, 3.8) is 0 Å². The Balaban J connectivity index is 1.97. The molecule has 0 aliphatic rings. The van der Waals surface area contributed by atoms with E-state index in [0.29, 0.717) is 28.0 Å². The van der Waals surface area contributed by atoms with E-state index >= 15 is 0 Å². The molecule has 0 saturated carbocycles. The van der Waals surface area contributed by atoms with Crippen molar-refractivity contribution in [2.45, 2.75) is 33.2 Å². The van der Waals surface area contributed by atoms with Crippen molar-refractivity contribution in [3.05, 3.63) is 64.7 Å². The molecule has 3 heterocycles. The molecular weight excluding hydrogens is 390 g/mol. The van der Waals surface area contributed by atoms with E-state index in [1.165, 1.54) is 0 Å². The molecule has 5 rings (SSSR count). The first-order valence-corrected chi connectivity index (χ1v) is 10.4. The van der Waals surface area contributed by atoms with Gasteiger partial charge < -0.3 is 4.74 Å². The van der Waals surface area contributed by atoms with Crippen LogP contribution in [0.2, 0.25) is 0 Å². The number of fused-ring (bicyclic) bond motifs is 4. The lowest BCUT2D eigenvalue weighted by Gasteiger charge is -2.16. The fourth-order valence-corrected chi connectivity index (χ4v) is 4.09. The Bertz CT molecular complexity index is 1500. The first kappa shape index (κ1) is 19.2. The predicted octanol–water partition coefficient (Wildman–Crippen LogP) is 4.57. The highest BCUT2D eigenvalue weighted by atomic mass is 16.5. The normalized spacial score (nSPS) is 12.6. The number of hydrogen-bond acceptors (Lipinski definition) is 5. The molecule has 156 valence electrons. The number of aryl methyl sites for hydroxylation is 1. The summed E-state index contributed by atoms with van der Waals surface area (Å²) < 4.78 is 8.98. The van der Waals surface area contributed by atoms with Gasteiger partial charge in [0.05, 0.1) is 18.1 Å². The molecule has 0 unspecified atom stereocenters. The Labute approximate surface area is 179 Å². The minimum atomic E-state index is -0.0845. The zero-order valence-corrected chi connectivity index (χ0v) is 18.0. The fraction of sp³-hybridized carbons (Fsp3) is 0.250. The topological polar surface area (TPSA) is 74.8 Å². The molecule has 0 aliphatic heterocycles. The highest BCUT2D eigenvalue weighted by molar-refractivity contribution is 6.05. The third-order valence-corrected chi connectivity index (χ3v) is 5.85. The van der Waals surface area contributed by atoms with E-state index in [1.807, 2.05) is 66.9 Å². The lowest BCUT2D eigenvalue weighted by molar-refractivity contribution is 0.415. The van der Waals surface area contributed by atoms with E-state index in [0.717, 1.165) is 28.9 Å². The van der Waals surface area contributed by atoms with Gasteiger partial charge in [0.25, 0.3) is 5.56 Å². The molecule has 31 heavy (non-hydrogen) atoms. The van der Waals surface area contributed by atoms with E-state index in [9.17, 15) is 4.79 Å². The van der Waals surface area contributed by atoms with E-state index in [-0.39, 0.29) is 11.6 Å². The fourth-order valence-electron chi connectivity index (χ4n) is 4.09. The zero-order valence-electron chi connectivity index (χ0n) is 18.0. The quantitative estimate of drug-likeness (QED) is 0.431. The Kier molecular flexibility index (Phi) is 4.46. The number of para-hydroxylation sites is 2. The van der Waals surface area contributed by atoms with Crippen LogP contribution < -0.4 is 10.3 Å². The van der Waals surface area contributed by atoms with Crippen LogP contribution in [0.5, 0.6) is 5.75 Å². The zero-order chi connectivity index (χ0) is 21.7. The maximum absolute atomic E-state index is 13.7. The van der Waals surface area contributed by atoms with Crippen LogP contribution in [-0.2, 0) is 0 Å². The predicted molar refractivity (Wildman–Crippen MR) is 122 cm³/mol. The van der Waals surface area contributed by atoms with E-state index in [2.05, 4.69) is 6.92 Å². The van der Waals surface area contributed by atoms with Crippen molar-refractivity contribution in [1.29, 1.82) is 0 Å². The molecule has 5 aromatic rings. The van der Waals surface area contributed by atoms with Crippen molar-refractivity contribution < 1.29 is 4.74 Å². The monoisotopic (exact) mass is 413 g/mol. The summed E-state index contributed by atoms with van der Waals surface area (Å²) in [6.07, 6.45) is 0.833. The molecule has 0 saturated heterocycles. The van der Waals surface area contributed by atoms with Crippen molar-refractivity contribution in [2.75, 3.05) is 7.11 Å². The highest BCUT2D eigenvalue weighted by Gasteiger charge is 2.23. The van der Waals surface area contributed by atoms with Crippen LogP contribution in [0.15, 0.2) is 53.3 Å². The number of nitrogens with zero attached hydrogens (tertiary/aromatic N) is 5. The second-order valence-corrected chi connectivity index (χ2v) is 7.71. The smallest absolute Gasteiger partial charge is 0.265 e. The van der Waals surface area contributed by atoms with Gasteiger partial charge in [-0.25, -0.2) is 15.0 Å². The molecule has 0 fully saturated rings. The third-order valence-electron chi connectivity index (χ3n) is 5.85. The number of aromatic nitrogens is 5. The molecule has 0 bridgehead atoms. The molecule has 0 aliphatic carbocycles. The first-order valence-electron chi connectivity index (χ1n) is 10.4. The largest absolute Gasteiger partial charge is 0.497 e. The second-order valence-electron chi connectivity index (χ2n) is 7.71. The molecule has 0 N–H and O–H groups in total. The van der Waals surface area contributed by atoms with Gasteiger partial charge in [0.2, 0.25) is 0 Å². The van der Waals surface area contributed by atoms with Gasteiger partial charge in [0.15, 0.2) is 11.3 Å². The van der Waals surface area contributed by atoms with Crippen LogP contribution in [0.3, 0.4) is 0 Å². The molecule has 0 amide bonds. The average Bonchev–Trinajstić information content (AvgIpc) is 3.10. The summed E-state index contributed by atoms with van der Waals surface area (Å²) in [6.45, 7) is 5.97. The maximum Gasteiger partial charge on any atom is 0.265 e. The van der Waals surface area contributed by atoms with Gasteiger partial charge in [-0.1, -0.05) is 19.1 Å². The SMILES string of the molecule is CC[C@@H](C)n1c(C)nc2c(c1=O)c1nc3ccccc3nc1n2-c1ccc(OC)cc1. The lowest BCUT2D eigenvalue weighted by atomic mass is 10.2. The molecule has 7 nitrogen and oxygen atoms in total. The number of methoxy groups -OCH3 is 1. The van der Waals surface area contributed by atoms with Crippen LogP contribution in [-0.4, -0.2) is 31.2 Å². The lowest BCUT2D eigenvalue weighted by Crippen LogP contribution is -2.26. The molecule has 1 atom stereocenters. The van der Waals surface area contributed by atoms with Gasteiger partial charge in [0, 0.05) is 11.7 Å². The summed E-state index contributed by atoms with van der Waals surface area (Å²) >= 11 is 0. The molecule has 0 radical (unpaired) electrons. The summed E-state index contributed by atoms with van der Waals surface area (Å²) in [5.74, 6) is 1.43. The van der Waals surface area contributed by atoms with Crippen LogP contribution in [0.25, 0.3) is 38.9 Å². The molecule has 3 aromatic heterocycles. The average molecular weight is 413 g/mol. The van der Waals surface area contributed by atoms with Crippen LogP contribution in [0.1, 0.15) is 32.1 Å². The summed E-state index contributed by atoms with van der Waals surface area (Å²) in [5.41, 5.74) is 4.03. The first-order chi connectivity index (χ1) is 15.0. The molecule has 7 heteroatoms. The molecule has 2 aromatic carbocycles. The van der Waals surface area contributed by atoms with Gasteiger partial charge in [-0.2, -0.15) is 0 Å². The van der Waals surface area contributed by atoms with Crippen molar-refractivity contribution in [1.82, 2.24) is 24.1 Å². The summed E-state index contributed by atoms with van der Waals surface area (Å²) in [5, 5.41) is 0.495. The van der Waals surface area contributed by atoms with Gasteiger partial charge >= 0.3 is 0 Å². The van der Waals surface area contributed by atoms with Gasteiger partial charge in [-0.3, -0.25) is 13.9 Å².